The van der Waals surface area contributed by atoms with Gasteiger partial charge in [-0.1, -0.05) is 53.7 Å². The number of nitrogens with zero attached hydrogens (tertiary/aromatic N) is 3. The standard InChI is InChI=1S/C25H21ClN4O2S2/c26-17-12-10-16(11-13-17)14-27-29-21(31)15-33-25-28-23-22(19-8-4-5-9-20(19)34-23)24(32)30(25)18-6-2-1-3-7-18/h1-3,6-7,10-14H,4-5,8-9,15H2,(H,29,31)/b27-14-. The number of para-hydroxylation sites is 1. The molecule has 172 valence electrons. The zero-order valence-corrected chi connectivity index (χ0v) is 20.6. The maximum absolute atomic E-state index is 13.7. The summed E-state index contributed by atoms with van der Waals surface area (Å²) in [6.45, 7) is 0. The number of thiophene rings is 1. The minimum atomic E-state index is -0.283. The Bertz CT molecular complexity index is 1430. The summed E-state index contributed by atoms with van der Waals surface area (Å²) >= 11 is 8.72. The van der Waals surface area contributed by atoms with Crippen LogP contribution in [0.3, 0.4) is 0 Å². The van der Waals surface area contributed by atoms with Gasteiger partial charge in [0.2, 0.25) is 0 Å². The molecule has 1 amide bonds. The van der Waals surface area contributed by atoms with Crippen LogP contribution in [0.1, 0.15) is 28.8 Å². The van der Waals surface area contributed by atoms with Gasteiger partial charge in [-0.15, -0.1) is 11.3 Å². The molecule has 0 fully saturated rings. The molecule has 0 atom stereocenters. The largest absolute Gasteiger partial charge is 0.272 e. The summed E-state index contributed by atoms with van der Waals surface area (Å²) in [5.41, 5.74) is 5.17. The number of carbonyl (C=O) groups is 1. The predicted molar refractivity (Wildman–Crippen MR) is 140 cm³/mol. The van der Waals surface area contributed by atoms with Crippen LogP contribution in [-0.2, 0) is 17.6 Å². The summed E-state index contributed by atoms with van der Waals surface area (Å²) in [4.78, 5) is 33.0. The molecule has 2 aromatic heterocycles. The van der Waals surface area contributed by atoms with Gasteiger partial charge >= 0.3 is 0 Å². The van der Waals surface area contributed by atoms with Crippen LogP contribution in [-0.4, -0.2) is 27.4 Å². The molecule has 0 saturated carbocycles. The van der Waals surface area contributed by atoms with Gasteiger partial charge in [0.05, 0.1) is 23.0 Å². The van der Waals surface area contributed by atoms with Gasteiger partial charge in [0.25, 0.3) is 11.5 Å². The van der Waals surface area contributed by atoms with Crippen molar-refractivity contribution in [2.24, 2.45) is 5.10 Å². The van der Waals surface area contributed by atoms with E-state index in [0.717, 1.165) is 52.7 Å². The normalized spacial score (nSPS) is 13.3. The summed E-state index contributed by atoms with van der Waals surface area (Å²) in [5, 5.41) is 5.87. The van der Waals surface area contributed by atoms with Crippen molar-refractivity contribution in [2.45, 2.75) is 30.8 Å². The number of thioether (sulfide) groups is 1. The van der Waals surface area contributed by atoms with E-state index in [0.29, 0.717) is 10.2 Å². The maximum Gasteiger partial charge on any atom is 0.267 e. The van der Waals surface area contributed by atoms with Crippen molar-refractivity contribution in [2.75, 3.05) is 5.75 Å². The maximum atomic E-state index is 13.7. The minimum absolute atomic E-state index is 0.0701. The van der Waals surface area contributed by atoms with Crippen LogP contribution in [0.25, 0.3) is 15.9 Å². The molecule has 0 bridgehead atoms. The number of aryl methyl sites for hydroxylation is 2. The summed E-state index contributed by atoms with van der Waals surface area (Å²) in [7, 11) is 0. The van der Waals surface area contributed by atoms with Crippen LogP contribution in [0.15, 0.2) is 69.6 Å². The Morgan fingerprint density at radius 3 is 2.71 bits per heavy atom. The Hall–Kier alpha value is -2.94. The van der Waals surface area contributed by atoms with E-state index in [4.69, 9.17) is 16.6 Å². The molecule has 1 N–H and O–H groups in total. The quantitative estimate of drug-likeness (QED) is 0.168. The van der Waals surface area contributed by atoms with Gasteiger partial charge in [0.1, 0.15) is 4.83 Å². The van der Waals surface area contributed by atoms with Crippen molar-refractivity contribution in [3.63, 3.8) is 0 Å². The third-order valence-electron chi connectivity index (χ3n) is 5.58. The first-order chi connectivity index (χ1) is 16.6. The van der Waals surface area contributed by atoms with E-state index in [-0.39, 0.29) is 17.2 Å². The van der Waals surface area contributed by atoms with E-state index in [1.165, 1.54) is 16.6 Å². The summed E-state index contributed by atoms with van der Waals surface area (Å²) in [6, 6.07) is 16.6. The fourth-order valence-electron chi connectivity index (χ4n) is 3.98. The molecule has 9 heteroatoms. The number of rotatable bonds is 6. The Morgan fingerprint density at radius 1 is 1.15 bits per heavy atom. The van der Waals surface area contributed by atoms with Gasteiger partial charge in [-0.25, -0.2) is 10.4 Å². The van der Waals surface area contributed by atoms with Crippen LogP contribution >= 0.6 is 34.7 Å². The molecule has 0 unspecified atom stereocenters. The first-order valence-corrected chi connectivity index (χ1v) is 13.1. The lowest BCUT2D eigenvalue weighted by Crippen LogP contribution is -2.24. The van der Waals surface area contributed by atoms with Crippen molar-refractivity contribution in [3.05, 3.63) is 86.0 Å². The number of aromatic nitrogens is 2. The summed E-state index contributed by atoms with van der Waals surface area (Å²) in [5.74, 6) is -0.206. The Kier molecular flexibility index (Phi) is 6.80. The molecule has 0 radical (unpaired) electrons. The molecule has 5 rings (SSSR count). The number of hydrogen-bond donors (Lipinski definition) is 1. The molecule has 0 spiro atoms. The second-order valence-electron chi connectivity index (χ2n) is 7.89. The van der Waals surface area contributed by atoms with E-state index in [9.17, 15) is 9.59 Å². The van der Waals surface area contributed by atoms with Gasteiger partial charge in [-0.2, -0.15) is 5.10 Å². The second-order valence-corrected chi connectivity index (χ2v) is 10.4. The molecule has 1 aliphatic rings. The lowest BCUT2D eigenvalue weighted by Gasteiger charge is -2.13. The highest BCUT2D eigenvalue weighted by Gasteiger charge is 2.23. The van der Waals surface area contributed by atoms with Gasteiger partial charge in [-0.05, 0) is 61.1 Å². The Morgan fingerprint density at radius 2 is 1.91 bits per heavy atom. The van der Waals surface area contributed by atoms with Crippen LogP contribution < -0.4 is 11.0 Å². The smallest absolute Gasteiger partial charge is 0.267 e. The number of halogens is 1. The zero-order valence-electron chi connectivity index (χ0n) is 18.2. The fraction of sp³-hybridized carbons (Fsp3) is 0.200. The number of hydrogen-bond acceptors (Lipinski definition) is 6. The molecule has 1 aliphatic carbocycles. The van der Waals surface area contributed by atoms with E-state index in [1.807, 2.05) is 42.5 Å². The van der Waals surface area contributed by atoms with Crippen LogP contribution in [0.4, 0.5) is 0 Å². The fourth-order valence-corrected chi connectivity index (χ4v) is 6.21. The highest BCUT2D eigenvalue weighted by molar-refractivity contribution is 7.99. The molecule has 0 aliphatic heterocycles. The van der Waals surface area contributed by atoms with E-state index >= 15 is 0 Å². The predicted octanol–water partition coefficient (Wildman–Crippen LogP) is 5.22. The highest BCUT2D eigenvalue weighted by atomic mass is 35.5. The molecule has 2 aromatic carbocycles. The lowest BCUT2D eigenvalue weighted by atomic mass is 9.97. The topological polar surface area (TPSA) is 76.3 Å². The number of fused-ring (bicyclic) bond motifs is 3. The molecular formula is C25H21ClN4O2S2. The molecular weight excluding hydrogens is 488 g/mol. The highest BCUT2D eigenvalue weighted by Crippen LogP contribution is 2.35. The van der Waals surface area contributed by atoms with Crippen LogP contribution in [0.2, 0.25) is 5.02 Å². The zero-order chi connectivity index (χ0) is 23.5. The first-order valence-electron chi connectivity index (χ1n) is 10.9. The average Bonchev–Trinajstić information content (AvgIpc) is 3.23. The van der Waals surface area contributed by atoms with Crippen molar-refractivity contribution >= 4 is 57.0 Å². The number of amides is 1. The first kappa shape index (κ1) is 22.8. The Labute approximate surface area is 209 Å². The van der Waals surface area contributed by atoms with Gasteiger partial charge < -0.3 is 0 Å². The lowest BCUT2D eigenvalue weighted by molar-refractivity contribution is -0.118. The summed E-state index contributed by atoms with van der Waals surface area (Å²) in [6.07, 6.45) is 5.71. The van der Waals surface area contributed by atoms with Gasteiger partial charge in [0, 0.05) is 9.90 Å². The second kappa shape index (κ2) is 10.1. The van der Waals surface area contributed by atoms with E-state index in [2.05, 4.69) is 10.5 Å². The number of hydrazone groups is 1. The average molecular weight is 509 g/mol. The van der Waals surface area contributed by atoms with E-state index < -0.39 is 0 Å². The minimum Gasteiger partial charge on any atom is -0.272 e. The number of benzene rings is 2. The third kappa shape index (κ3) is 4.80. The monoisotopic (exact) mass is 508 g/mol. The van der Waals surface area contributed by atoms with Crippen molar-refractivity contribution < 1.29 is 4.79 Å². The van der Waals surface area contributed by atoms with Crippen molar-refractivity contribution in [1.29, 1.82) is 0 Å². The van der Waals surface area contributed by atoms with E-state index in [1.54, 1.807) is 34.3 Å². The van der Waals surface area contributed by atoms with Gasteiger partial charge in [-0.3, -0.25) is 14.2 Å². The molecule has 34 heavy (non-hydrogen) atoms. The molecule has 6 nitrogen and oxygen atoms in total. The van der Waals surface area contributed by atoms with Crippen LogP contribution in [0, 0.1) is 0 Å². The molecule has 2 heterocycles. The van der Waals surface area contributed by atoms with Gasteiger partial charge in [0.15, 0.2) is 5.16 Å². The Balaban J connectivity index is 1.41. The third-order valence-corrected chi connectivity index (χ3v) is 7.95. The van der Waals surface area contributed by atoms with Crippen LogP contribution in [0.5, 0.6) is 0 Å². The number of nitrogens with one attached hydrogen (secondary N) is 1. The molecule has 0 saturated heterocycles. The van der Waals surface area contributed by atoms with Crippen molar-refractivity contribution in [1.82, 2.24) is 15.0 Å². The number of carbonyl (C=O) groups excluding carboxylic acids is 1. The SMILES string of the molecule is O=C(CSc1nc2sc3c(c2c(=O)n1-c1ccccc1)CCCC3)N/N=C\c1ccc(Cl)cc1. The molecule has 4 aromatic rings. The summed E-state index contributed by atoms with van der Waals surface area (Å²) < 4.78 is 1.62. The van der Waals surface area contributed by atoms with Crippen molar-refractivity contribution in [3.8, 4) is 5.69 Å².